The average Bonchev–Trinajstić information content (AvgIpc) is 3.05. The highest BCUT2D eigenvalue weighted by Gasteiger charge is 2.11. The summed E-state index contributed by atoms with van der Waals surface area (Å²) in [7, 11) is 0. The Morgan fingerprint density at radius 1 is 1.08 bits per heavy atom. The molecule has 1 amide bonds. The van der Waals surface area contributed by atoms with Gasteiger partial charge in [-0.1, -0.05) is 23.7 Å². The lowest BCUT2D eigenvalue weighted by Gasteiger charge is -2.07. The van der Waals surface area contributed by atoms with Gasteiger partial charge in [0.2, 0.25) is 0 Å². The third kappa shape index (κ3) is 4.65. The molecule has 26 heavy (non-hydrogen) atoms. The maximum atomic E-state index is 12.4. The fourth-order valence-electron chi connectivity index (χ4n) is 2.62. The Bertz CT molecular complexity index is 929. The molecule has 0 saturated heterocycles. The van der Waals surface area contributed by atoms with Crippen LogP contribution in [0, 0.1) is 20.8 Å². The first-order valence-corrected chi connectivity index (χ1v) is 9.52. The Morgan fingerprint density at radius 3 is 2.50 bits per heavy atom. The van der Waals surface area contributed by atoms with Gasteiger partial charge >= 0.3 is 0 Å². The molecule has 134 valence electrons. The van der Waals surface area contributed by atoms with Crippen LogP contribution in [0.2, 0.25) is 5.02 Å². The minimum atomic E-state index is -0.146. The van der Waals surface area contributed by atoms with Gasteiger partial charge in [0, 0.05) is 16.3 Å². The fourth-order valence-corrected chi connectivity index (χ4v) is 3.59. The molecule has 0 atom stereocenters. The van der Waals surface area contributed by atoms with Gasteiger partial charge in [-0.25, -0.2) is 0 Å². The van der Waals surface area contributed by atoms with Crippen LogP contribution in [0.25, 0.3) is 0 Å². The van der Waals surface area contributed by atoms with E-state index in [0.29, 0.717) is 22.2 Å². The largest absolute Gasteiger partial charge is 0.489 e. The normalized spacial score (nSPS) is 10.6. The zero-order chi connectivity index (χ0) is 18.7. The molecule has 0 unspecified atom stereocenters. The van der Waals surface area contributed by atoms with Gasteiger partial charge in [0.05, 0.1) is 4.88 Å². The van der Waals surface area contributed by atoms with Crippen molar-refractivity contribution in [2.75, 3.05) is 5.32 Å². The zero-order valence-corrected chi connectivity index (χ0v) is 16.5. The number of thiophene rings is 1. The number of ether oxygens (including phenoxy) is 1. The van der Waals surface area contributed by atoms with E-state index in [2.05, 4.69) is 11.4 Å². The fraction of sp³-hybridized carbons (Fsp3) is 0.190. The molecular formula is C21H20ClNO2S. The quantitative estimate of drug-likeness (QED) is 0.571. The monoisotopic (exact) mass is 385 g/mol. The van der Waals surface area contributed by atoms with Crippen LogP contribution in [0.5, 0.6) is 5.75 Å². The molecule has 0 radical (unpaired) electrons. The molecule has 1 heterocycles. The van der Waals surface area contributed by atoms with Crippen LogP contribution in [0.4, 0.5) is 5.69 Å². The second-order valence-corrected chi connectivity index (χ2v) is 7.67. The minimum Gasteiger partial charge on any atom is -0.489 e. The number of hydrogen-bond acceptors (Lipinski definition) is 3. The van der Waals surface area contributed by atoms with Crippen molar-refractivity contribution in [3.8, 4) is 5.75 Å². The Labute approximate surface area is 162 Å². The van der Waals surface area contributed by atoms with Gasteiger partial charge in [0.15, 0.2) is 0 Å². The van der Waals surface area contributed by atoms with Crippen molar-refractivity contribution in [1.82, 2.24) is 0 Å². The van der Waals surface area contributed by atoms with E-state index in [1.165, 1.54) is 22.5 Å². The molecule has 0 spiro atoms. The van der Waals surface area contributed by atoms with E-state index in [4.69, 9.17) is 16.3 Å². The van der Waals surface area contributed by atoms with Crippen LogP contribution in [0.1, 0.15) is 31.9 Å². The van der Waals surface area contributed by atoms with Gasteiger partial charge in [-0.2, -0.15) is 0 Å². The smallest absolute Gasteiger partial charge is 0.265 e. The first-order valence-electron chi connectivity index (χ1n) is 8.27. The van der Waals surface area contributed by atoms with Gasteiger partial charge in [0.1, 0.15) is 12.4 Å². The van der Waals surface area contributed by atoms with Gasteiger partial charge < -0.3 is 10.1 Å². The van der Waals surface area contributed by atoms with Crippen molar-refractivity contribution in [3.05, 3.63) is 80.0 Å². The van der Waals surface area contributed by atoms with Crippen molar-refractivity contribution in [1.29, 1.82) is 0 Å². The SMILES string of the molecule is Cc1cc(C)cc(OCc2csc(C(=O)Nc3ccc(C)c(Cl)c3)c2)c1. The summed E-state index contributed by atoms with van der Waals surface area (Å²) in [4.78, 5) is 13.0. The summed E-state index contributed by atoms with van der Waals surface area (Å²) in [5, 5.41) is 5.45. The minimum absolute atomic E-state index is 0.146. The highest BCUT2D eigenvalue weighted by Crippen LogP contribution is 2.23. The number of carbonyl (C=O) groups is 1. The lowest BCUT2D eigenvalue weighted by molar-refractivity contribution is 0.103. The van der Waals surface area contributed by atoms with E-state index < -0.39 is 0 Å². The molecule has 0 fully saturated rings. The van der Waals surface area contributed by atoms with Crippen LogP contribution in [-0.4, -0.2) is 5.91 Å². The second-order valence-electron chi connectivity index (χ2n) is 6.35. The van der Waals surface area contributed by atoms with Gasteiger partial charge in [-0.05, 0) is 73.2 Å². The molecule has 3 nitrogen and oxygen atoms in total. The Kier molecular flexibility index (Phi) is 5.64. The van der Waals surface area contributed by atoms with Crippen molar-refractivity contribution >= 4 is 34.5 Å². The third-order valence-electron chi connectivity index (χ3n) is 3.91. The molecule has 3 aromatic rings. The van der Waals surface area contributed by atoms with E-state index in [-0.39, 0.29) is 5.91 Å². The van der Waals surface area contributed by atoms with Gasteiger partial charge in [0.25, 0.3) is 5.91 Å². The topological polar surface area (TPSA) is 38.3 Å². The van der Waals surface area contributed by atoms with E-state index in [1.807, 2.05) is 56.5 Å². The molecule has 3 rings (SSSR count). The number of anilines is 1. The number of amides is 1. The van der Waals surface area contributed by atoms with E-state index >= 15 is 0 Å². The van der Waals surface area contributed by atoms with Crippen LogP contribution in [0.15, 0.2) is 47.8 Å². The van der Waals surface area contributed by atoms with Crippen LogP contribution >= 0.6 is 22.9 Å². The summed E-state index contributed by atoms with van der Waals surface area (Å²) in [6.07, 6.45) is 0. The number of nitrogens with one attached hydrogen (secondary N) is 1. The lowest BCUT2D eigenvalue weighted by atomic mass is 10.1. The maximum Gasteiger partial charge on any atom is 0.265 e. The summed E-state index contributed by atoms with van der Waals surface area (Å²) in [6, 6.07) is 13.5. The van der Waals surface area contributed by atoms with Crippen molar-refractivity contribution in [3.63, 3.8) is 0 Å². The lowest BCUT2D eigenvalue weighted by Crippen LogP contribution is -2.10. The van der Waals surface area contributed by atoms with Crippen molar-refractivity contribution in [2.24, 2.45) is 0 Å². The predicted octanol–water partition coefficient (Wildman–Crippen LogP) is 6.16. The molecule has 0 aliphatic heterocycles. The Hall–Kier alpha value is -2.30. The van der Waals surface area contributed by atoms with Crippen LogP contribution in [0.3, 0.4) is 0 Å². The average molecular weight is 386 g/mol. The zero-order valence-electron chi connectivity index (χ0n) is 14.9. The van der Waals surface area contributed by atoms with Gasteiger partial charge in [-0.15, -0.1) is 11.3 Å². The molecule has 1 aromatic heterocycles. The number of halogens is 1. The number of aryl methyl sites for hydroxylation is 3. The van der Waals surface area contributed by atoms with E-state index in [1.54, 1.807) is 6.07 Å². The second kappa shape index (κ2) is 7.94. The summed E-state index contributed by atoms with van der Waals surface area (Å²) in [5.41, 5.74) is 4.98. The maximum absolute atomic E-state index is 12.4. The van der Waals surface area contributed by atoms with Gasteiger partial charge in [-0.3, -0.25) is 4.79 Å². The van der Waals surface area contributed by atoms with Crippen molar-refractivity contribution < 1.29 is 9.53 Å². The highest BCUT2D eigenvalue weighted by atomic mass is 35.5. The molecule has 0 aliphatic carbocycles. The Morgan fingerprint density at radius 2 is 1.81 bits per heavy atom. The summed E-state index contributed by atoms with van der Waals surface area (Å²) in [5.74, 6) is 0.696. The molecule has 0 saturated carbocycles. The van der Waals surface area contributed by atoms with E-state index in [0.717, 1.165) is 16.9 Å². The first kappa shape index (κ1) is 18.5. The van der Waals surface area contributed by atoms with Crippen LogP contribution in [-0.2, 0) is 6.61 Å². The summed E-state index contributed by atoms with van der Waals surface area (Å²) >= 11 is 7.50. The molecule has 5 heteroatoms. The number of benzene rings is 2. The number of rotatable bonds is 5. The molecule has 1 N–H and O–H groups in total. The van der Waals surface area contributed by atoms with Crippen molar-refractivity contribution in [2.45, 2.75) is 27.4 Å². The molecule has 2 aromatic carbocycles. The standard InChI is InChI=1S/C21H20ClNO2S/c1-13-6-14(2)8-18(7-13)25-11-16-9-20(26-12-16)21(24)23-17-5-4-15(3)19(22)10-17/h4-10,12H,11H2,1-3H3,(H,23,24). The summed E-state index contributed by atoms with van der Waals surface area (Å²) in [6.45, 7) is 6.45. The summed E-state index contributed by atoms with van der Waals surface area (Å²) < 4.78 is 5.85. The molecular weight excluding hydrogens is 366 g/mol. The Balaban J connectivity index is 1.63. The molecule has 0 aliphatic rings. The third-order valence-corrected chi connectivity index (χ3v) is 5.29. The number of carbonyl (C=O) groups excluding carboxylic acids is 1. The molecule has 0 bridgehead atoms. The predicted molar refractivity (Wildman–Crippen MR) is 109 cm³/mol. The first-order chi connectivity index (χ1) is 12.4. The van der Waals surface area contributed by atoms with Crippen LogP contribution < -0.4 is 10.1 Å². The number of hydrogen-bond donors (Lipinski definition) is 1. The highest BCUT2D eigenvalue weighted by molar-refractivity contribution is 7.12. The van der Waals surface area contributed by atoms with E-state index in [9.17, 15) is 4.79 Å².